The number of hydrogen-bond acceptors (Lipinski definition) is 2. The van der Waals surface area contributed by atoms with Crippen LogP contribution >= 0.6 is 38.5 Å². The molecule has 1 atom stereocenters. The van der Waals surface area contributed by atoms with Crippen molar-refractivity contribution >= 4 is 38.5 Å². The molecule has 0 radical (unpaired) electrons. The topological polar surface area (TPSA) is 29.5 Å². The van der Waals surface area contributed by atoms with E-state index in [4.69, 9.17) is 4.74 Å². The minimum Gasteiger partial charge on any atom is -0.494 e. The Morgan fingerprint density at radius 3 is 2.80 bits per heavy atom. The molecule has 5 heteroatoms. The highest BCUT2D eigenvalue weighted by atomic mass is 127. The van der Waals surface area contributed by atoms with Gasteiger partial charge in [-0.15, -0.1) is 0 Å². The minimum absolute atomic E-state index is 0.193. The van der Waals surface area contributed by atoms with E-state index in [1.807, 2.05) is 18.2 Å². The monoisotopic (exact) mass is 450 g/mol. The van der Waals surface area contributed by atoms with Crippen LogP contribution in [0, 0.1) is 9.39 Å². The fourth-order valence-corrected chi connectivity index (χ4v) is 3.03. The molecule has 2 rings (SSSR count). The molecule has 0 aromatic heterocycles. The molecule has 1 N–H and O–H groups in total. The molecule has 0 aliphatic heterocycles. The molecular weight excluding hydrogens is 438 g/mol. The van der Waals surface area contributed by atoms with Crippen LogP contribution in [0.4, 0.5) is 4.39 Å². The van der Waals surface area contributed by atoms with Crippen LogP contribution in [0.5, 0.6) is 5.75 Å². The van der Waals surface area contributed by atoms with E-state index < -0.39 is 11.9 Å². The normalized spacial score (nSPS) is 12.2. The van der Waals surface area contributed by atoms with Gasteiger partial charge in [0.05, 0.1) is 13.2 Å². The first kappa shape index (κ1) is 15.7. The van der Waals surface area contributed by atoms with E-state index in [0.717, 1.165) is 13.6 Å². The molecule has 2 aromatic rings. The van der Waals surface area contributed by atoms with Crippen molar-refractivity contribution in [3.05, 3.63) is 61.4 Å². The molecule has 2 nitrogen and oxygen atoms in total. The van der Waals surface area contributed by atoms with Gasteiger partial charge in [-0.3, -0.25) is 0 Å². The molecule has 0 aliphatic carbocycles. The van der Waals surface area contributed by atoms with Gasteiger partial charge in [-0.25, -0.2) is 4.39 Å². The van der Waals surface area contributed by atoms with Crippen LogP contribution in [0.2, 0.25) is 0 Å². The predicted molar refractivity (Wildman–Crippen MR) is 88.5 cm³/mol. The van der Waals surface area contributed by atoms with Crippen molar-refractivity contribution in [3.63, 3.8) is 0 Å². The first-order valence-electron chi connectivity index (χ1n) is 5.97. The average molecular weight is 451 g/mol. The number of aliphatic hydroxyl groups is 1. The molecule has 0 amide bonds. The third-order valence-corrected chi connectivity index (χ3v) is 4.47. The van der Waals surface area contributed by atoms with Gasteiger partial charge in [-0.2, -0.15) is 0 Å². The summed E-state index contributed by atoms with van der Waals surface area (Å²) in [6, 6.07) is 10.6. The Hall–Kier alpha value is -0.660. The first-order chi connectivity index (χ1) is 9.52. The first-order valence-corrected chi connectivity index (χ1v) is 7.84. The zero-order valence-electron chi connectivity index (χ0n) is 10.7. The molecular formula is C15H13BrFIO2. The molecule has 106 valence electrons. The van der Waals surface area contributed by atoms with Crippen LogP contribution in [0.25, 0.3) is 0 Å². The zero-order valence-corrected chi connectivity index (χ0v) is 14.5. The largest absolute Gasteiger partial charge is 0.494 e. The van der Waals surface area contributed by atoms with Gasteiger partial charge >= 0.3 is 0 Å². The van der Waals surface area contributed by atoms with Gasteiger partial charge < -0.3 is 9.84 Å². The Morgan fingerprint density at radius 1 is 1.35 bits per heavy atom. The van der Waals surface area contributed by atoms with Gasteiger partial charge in [-0.1, -0.05) is 28.1 Å². The van der Waals surface area contributed by atoms with Crippen molar-refractivity contribution in [2.75, 3.05) is 7.11 Å². The lowest BCUT2D eigenvalue weighted by Gasteiger charge is -2.15. The van der Waals surface area contributed by atoms with Gasteiger partial charge in [0.25, 0.3) is 0 Å². The maximum absolute atomic E-state index is 14.1. The molecule has 0 aliphatic rings. The van der Waals surface area contributed by atoms with Crippen molar-refractivity contribution in [3.8, 4) is 5.75 Å². The Morgan fingerprint density at radius 2 is 2.10 bits per heavy atom. The van der Waals surface area contributed by atoms with Crippen LogP contribution in [0.1, 0.15) is 17.2 Å². The third-order valence-electron chi connectivity index (χ3n) is 2.99. The van der Waals surface area contributed by atoms with Gasteiger partial charge in [0.15, 0.2) is 11.6 Å². The molecule has 0 saturated carbocycles. The van der Waals surface area contributed by atoms with Gasteiger partial charge in [-0.05, 0) is 58.0 Å². The second-order valence-electron chi connectivity index (χ2n) is 4.32. The average Bonchev–Trinajstić information content (AvgIpc) is 2.43. The van der Waals surface area contributed by atoms with E-state index >= 15 is 0 Å². The van der Waals surface area contributed by atoms with E-state index in [1.54, 1.807) is 18.2 Å². The SMILES string of the molecule is COc1cccc(CC(O)c2cc(Br)ccc2I)c1F. The standard InChI is InChI=1S/C15H13BrFIO2/c1-20-14-4-2-3-9(15(14)17)7-13(19)11-8-10(16)5-6-12(11)18/h2-6,8,13,19H,7H2,1H3. The molecule has 2 aromatic carbocycles. The minimum atomic E-state index is -0.763. The van der Waals surface area contributed by atoms with Crippen LogP contribution in [-0.4, -0.2) is 12.2 Å². The molecule has 20 heavy (non-hydrogen) atoms. The fourth-order valence-electron chi connectivity index (χ4n) is 1.96. The van der Waals surface area contributed by atoms with Gasteiger partial charge in [0.2, 0.25) is 0 Å². The summed E-state index contributed by atoms with van der Waals surface area (Å²) in [5.41, 5.74) is 1.22. The Kier molecular flexibility index (Phi) is 5.40. The molecule has 1 unspecified atom stereocenters. The van der Waals surface area contributed by atoms with Crippen LogP contribution in [-0.2, 0) is 6.42 Å². The number of rotatable bonds is 4. The maximum atomic E-state index is 14.1. The Labute approximate surface area is 139 Å². The van der Waals surface area contributed by atoms with Crippen molar-refractivity contribution in [2.24, 2.45) is 0 Å². The number of benzene rings is 2. The number of methoxy groups -OCH3 is 1. The number of aliphatic hydroxyl groups excluding tert-OH is 1. The van der Waals surface area contributed by atoms with Crippen molar-refractivity contribution in [1.82, 2.24) is 0 Å². The summed E-state index contributed by atoms with van der Waals surface area (Å²) in [4.78, 5) is 0. The third kappa shape index (κ3) is 3.51. The summed E-state index contributed by atoms with van der Waals surface area (Å²) >= 11 is 5.54. The van der Waals surface area contributed by atoms with Crippen LogP contribution in [0.15, 0.2) is 40.9 Å². The number of hydrogen-bond donors (Lipinski definition) is 1. The highest BCUT2D eigenvalue weighted by Gasteiger charge is 2.16. The summed E-state index contributed by atoms with van der Waals surface area (Å²) in [5.74, 6) is -0.224. The summed E-state index contributed by atoms with van der Waals surface area (Å²) in [5, 5.41) is 10.3. The molecule has 0 bridgehead atoms. The lowest BCUT2D eigenvalue weighted by atomic mass is 10.0. The van der Waals surface area contributed by atoms with E-state index in [9.17, 15) is 9.50 Å². The van der Waals surface area contributed by atoms with E-state index in [1.165, 1.54) is 7.11 Å². The van der Waals surface area contributed by atoms with Crippen molar-refractivity contribution < 1.29 is 14.2 Å². The highest BCUT2D eigenvalue weighted by Crippen LogP contribution is 2.29. The summed E-state index contributed by atoms with van der Waals surface area (Å²) in [6.45, 7) is 0. The molecule has 0 heterocycles. The number of ether oxygens (including phenoxy) is 1. The second-order valence-corrected chi connectivity index (χ2v) is 6.40. The fraction of sp³-hybridized carbons (Fsp3) is 0.200. The smallest absolute Gasteiger partial charge is 0.168 e. The summed E-state index contributed by atoms with van der Waals surface area (Å²) in [6.07, 6.45) is -0.559. The predicted octanol–water partition coefficient (Wildman–Crippen LogP) is 4.48. The quantitative estimate of drug-likeness (QED) is 0.696. The van der Waals surface area contributed by atoms with E-state index in [0.29, 0.717) is 5.56 Å². The Balaban J connectivity index is 2.28. The van der Waals surface area contributed by atoms with Crippen LogP contribution < -0.4 is 4.74 Å². The molecule has 0 spiro atoms. The second kappa shape index (κ2) is 6.87. The molecule has 0 saturated heterocycles. The number of halogens is 3. The van der Waals surface area contributed by atoms with Gasteiger partial charge in [0, 0.05) is 14.5 Å². The van der Waals surface area contributed by atoms with E-state index in [2.05, 4.69) is 38.5 Å². The maximum Gasteiger partial charge on any atom is 0.168 e. The lowest BCUT2D eigenvalue weighted by Crippen LogP contribution is -2.06. The van der Waals surface area contributed by atoms with Crippen molar-refractivity contribution in [1.29, 1.82) is 0 Å². The Bertz CT molecular complexity index is 619. The zero-order chi connectivity index (χ0) is 14.7. The van der Waals surface area contributed by atoms with Crippen molar-refractivity contribution in [2.45, 2.75) is 12.5 Å². The summed E-state index contributed by atoms with van der Waals surface area (Å²) < 4.78 is 20.9. The van der Waals surface area contributed by atoms with E-state index in [-0.39, 0.29) is 12.2 Å². The molecule has 0 fully saturated rings. The highest BCUT2D eigenvalue weighted by molar-refractivity contribution is 14.1. The van der Waals surface area contributed by atoms with Gasteiger partial charge in [0.1, 0.15) is 0 Å². The summed E-state index contributed by atoms with van der Waals surface area (Å²) in [7, 11) is 1.43. The lowest BCUT2D eigenvalue weighted by molar-refractivity contribution is 0.176. The van der Waals surface area contributed by atoms with Crippen LogP contribution in [0.3, 0.4) is 0 Å².